The molecule has 0 fully saturated rings. The van der Waals surface area contributed by atoms with E-state index >= 15 is 0 Å². The number of hydrogen-bond donors (Lipinski definition) is 0. The Labute approximate surface area is 256 Å². The van der Waals surface area contributed by atoms with Gasteiger partial charge in [-0.2, -0.15) is 26.3 Å². The van der Waals surface area contributed by atoms with Crippen molar-refractivity contribution in [1.82, 2.24) is 0 Å². The Morgan fingerprint density at radius 3 is 1.52 bits per heavy atom. The molecule has 0 radical (unpaired) electrons. The Morgan fingerprint density at radius 2 is 1.00 bits per heavy atom. The van der Waals surface area contributed by atoms with E-state index < -0.39 is 70.4 Å². The molecule has 8 nitrogen and oxygen atoms in total. The third-order valence-corrected chi connectivity index (χ3v) is 5.89. The SMILES string of the molecule is C=C(C)C(=O)Oc1cc2cccc(-c3cccc(OC(=O)C(=C)C(F)(F)F)c3OC(=O)C(=C)C)c2cc1OC(=O)C(=C)C(F)(F)F. The van der Waals surface area contributed by atoms with Crippen molar-refractivity contribution in [3.05, 3.63) is 97.1 Å². The molecule has 240 valence electrons. The first-order valence-electron chi connectivity index (χ1n) is 12.6. The first-order chi connectivity index (χ1) is 21.2. The van der Waals surface area contributed by atoms with Crippen molar-refractivity contribution < 1.29 is 64.5 Å². The van der Waals surface area contributed by atoms with Gasteiger partial charge in [0.25, 0.3) is 0 Å². The highest BCUT2D eigenvalue weighted by atomic mass is 19.4. The smallest absolute Gasteiger partial charge is 0.419 e. The van der Waals surface area contributed by atoms with E-state index in [-0.39, 0.29) is 33.0 Å². The predicted molar refractivity (Wildman–Crippen MR) is 152 cm³/mol. The molecule has 0 saturated carbocycles. The highest BCUT2D eigenvalue weighted by Gasteiger charge is 2.39. The van der Waals surface area contributed by atoms with E-state index in [1.165, 1.54) is 44.2 Å². The summed E-state index contributed by atoms with van der Waals surface area (Å²) < 4.78 is 99.1. The lowest BCUT2D eigenvalue weighted by Crippen LogP contribution is -2.23. The Kier molecular flexibility index (Phi) is 9.95. The molecule has 14 heteroatoms. The lowest BCUT2D eigenvalue weighted by atomic mass is 9.96. The number of rotatable bonds is 9. The number of benzene rings is 3. The van der Waals surface area contributed by atoms with Crippen LogP contribution in [0.5, 0.6) is 23.0 Å². The fraction of sp³-hybridized carbons (Fsp3) is 0.125. The van der Waals surface area contributed by atoms with Crippen LogP contribution in [0.4, 0.5) is 26.3 Å². The first kappa shape index (κ1) is 34.8. The average molecular weight is 649 g/mol. The van der Waals surface area contributed by atoms with Crippen molar-refractivity contribution >= 4 is 34.6 Å². The molecule has 0 unspecified atom stereocenters. The van der Waals surface area contributed by atoms with Crippen molar-refractivity contribution in [2.24, 2.45) is 0 Å². The van der Waals surface area contributed by atoms with Crippen molar-refractivity contribution in [1.29, 1.82) is 0 Å². The molecular weight excluding hydrogens is 626 g/mol. The standard InChI is InChI=1S/C32H22F6O8/c1-15(2)27(39)44-24-13-19-9-7-10-20(22(19)14-25(24)45-30(42)18(6)32(36,37)38)21-11-8-12-23(26(21)46-28(40)16(3)4)43-29(41)17(5)31(33,34)35/h7-14H,1,3,5-6H2,2,4H3. The van der Waals surface area contributed by atoms with E-state index in [9.17, 15) is 45.5 Å². The molecule has 0 spiro atoms. The van der Waals surface area contributed by atoms with E-state index in [1.54, 1.807) is 0 Å². The molecule has 0 aromatic heterocycles. The van der Waals surface area contributed by atoms with Gasteiger partial charge in [0.1, 0.15) is 11.1 Å². The molecule has 0 amide bonds. The van der Waals surface area contributed by atoms with Crippen LogP contribution < -0.4 is 18.9 Å². The monoisotopic (exact) mass is 648 g/mol. The number of ether oxygens (including phenoxy) is 4. The van der Waals surface area contributed by atoms with Crippen molar-refractivity contribution in [2.75, 3.05) is 0 Å². The molecule has 0 atom stereocenters. The second kappa shape index (κ2) is 13.1. The minimum atomic E-state index is -5.16. The predicted octanol–water partition coefficient (Wildman–Crippen LogP) is 7.52. The van der Waals surface area contributed by atoms with E-state index in [0.29, 0.717) is 0 Å². The number of para-hydroxylation sites is 1. The summed E-state index contributed by atoms with van der Waals surface area (Å²) in [5.74, 6) is -8.24. The summed E-state index contributed by atoms with van der Waals surface area (Å²) in [6.07, 6.45) is -10.3. The second-order valence-corrected chi connectivity index (χ2v) is 9.53. The summed E-state index contributed by atoms with van der Waals surface area (Å²) in [7, 11) is 0. The number of carbonyl (C=O) groups excluding carboxylic acids is 4. The van der Waals surface area contributed by atoms with Gasteiger partial charge in [-0.05, 0) is 48.4 Å². The van der Waals surface area contributed by atoms with Crippen LogP contribution in [0.25, 0.3) is 21.9 Å². The molecular formula is C32H22F6O8. The fourth-order valence-corrected chi connectivity index (χ4v) is 3.51. The van der Waals surface area contributed by atoms with Gasteiger partial charge in [0.05, 0.1) is 0 Å². The average Bonchev–Trinajstić information content (AvgIpc) is 2.95. The molecule has 0 N–H and O–H groups in total. The normalized spacial score (nSPS) is 11.3. The van der Waals surface area contributed by atoms with E-state index in [2.05, 4.69) is 26.3 Å². The maximum atomic E-state index is 13.2. The Balaban J connectivity index is 2.30. The van der Waals surface area contributed by atoms with Crippen LogP contribution in [-0.4, -0.2) is 36.2 Å². The molecule has 0 aliphatic heterocycles. The molecule has 3 aromatic rings. The van der Waals surface area contributed by atoms with Crippen LogP contribution in [0.1, 0.15) is 13.8 Å². The molecule has 0 aliphatic carbocycles. The number of carbonyl (C=O) groups is 4. The van der Waals surface area contributed by atoms with Gasteiger partial charge in [-0.1, -0.05) is 56.6 Å². The zero-order chi connectivity index (χ0) is 34.7. The number of hydrogen-bond acceptors (Lipinski definition) is 8. The molecule has 0 heterocycles. The van der Waals surface area contributed by atoms with Gasteiger partial charge in [0, 0.05) is 16.7 Å². The number of esters is 4. The van der Waals surface area contributed by atoms with Crippen LogP contribution in [-0.2, 0) is 19.2 Å². The number of fused-ring (bicyclic) bond motifs is 1. The lowest BCUT2D eigenvalue weighted by Gasteiger charge is -2.18. The van der Waals surface area contributed by atoms with Crippen molar-refractivity contribution in [3.63, 3.8) is 0 Å². The minimum Gasteiger partial charge on any atom is -0.419 e. The van der Waals surface area contributed by atoms with Gasteiger partial charge < -0.3 is 18.9 Å². The Morgan fingerprint density at radius 1 is 0.565 bits per heavy atom. The Bertz CT molecular complexity index is 1830. The topological polar surface area (TPSA) is 105 Å². The summed E-state index contributed by atoms with van der Waals surface area (Å²) in [6.45, 7) is 14.8. The van der Waals surface area contributed by atoms with Crippen molar-refractivity contribution in [3.8, 4) is 34.1 Å². The highest BCUT2D eigenvalue weighted by Crippen LogP contribution is 2.44. The van der Waals surface area contributed by atoms with Crippen molar-refractivity contribution in [2.45, 2.75) is 26.2 Å². The fourth-order valence-electron chi connectivity index (χ4n) is 3.51. The molecule has 0 saturated heterocycles. The zero-order valence-corrected chi connectivity index (χ0v) is 24.0. The van der Waals surface area contributed by atoms with E-state index in [4.69, 9.17) is 18.9 Å². The largest absolute Gasteiger partial charge is 0.422 e. The third kappa shape index (κ3) is 7.88. The minimum absolute atomic E-state index is 0.0771. The summed E-state index contributed by atoms with van der Waals surface area (Å²) in [4.78, 5) is 49.4. The summed E-state index contributed by atoms with van der Waals surface area (Å²) >= 11 is 0. The molecule has 3 rings (SSSR count). The van der Waals surface area contributed by atoms with E-state index in [0.717, 1.165) is 18.2 Å². The molecule has 3 aromatic carbocycles. The van der Waals surface area contributed by atoms with Crippen LogP contribution in [0.3, 0.4) is 0 Å². The van der Waals surface area contributed by atoms with Gasteiger partial charge in [0.15, 0.2) is 23.0 Å². The van der Waals surface area contributed by atoms with Gasteiger partial charge in [-0.3, -0.25) is 0 Å². The van der Waals surface area contributed by atoms with Crippen LogP contribution in [0.2, 0.25) is 0 Å². The third-order valence-electron chi connectivity index (χ3n) is 5.89. The maximum absolute atomic E-state index is 13.2. The number of alkyl halides is 6. The summed E-state index contributed by atoms with van der Waals surface area (Å²) in [6, 6.07) is 10.1. The Hall–Kier alpha value is -5.66. The van der Waals surface area contributed by atoms with Crippen LogP contribution in [0.15, 0.2) is 97.1 Å². The number of halogens is 6. The molecule has 0 aliphatic rings. The quantitative estimate of drug-likeness (QED) is 0.102. The van der Waals surface area contributed by atoms with Gasteiger partial charge in [-0.25, -0.2) is 19.2 Å². The first-order valence-corrected chi connectivity index (χ1v) is 12.6. The van der Waals surface area contributed by atoms with Gasteiger partial charge >= 0.3 is 36.2 Å². The molecule has 46 heavy (non-hydrogen) atoms. The zero-order valence-electron chi connectivity index (χ0n) is 24.0. The summed E-state index contributed by atoms with van der Waals surface area (Å²) in [5, 5.41) is 0.301. The second-order valence-electron chi connectivity index (χ2n) is 9.53. The maximum Gasteiger partial charge on any atom is 0.422 e. The van der Waals surface area contributed by atoms with Gasteiger partial charge in [-0.15, -0.1) is 0 Å². The van der Waals surface area contributed by atoms with E-state index in [1.807, 2.05) is 0 Å². The highest BCUT2D eigenvalue weighted by molar-refractivity contribution is 6.03. The van der Waals surface area contributed by atoms with Gasteiger partial charge in [0.2, 0.25) is 0 Å². The van der Waals surface area contributed by atoms with Crippen LogP contribution in [0, 0.1) is 0 Å². The lowest BCUT2D eigenvalue weighted by molar-refractivity contribution is -0.144. The summed E-state index contributed by atoms with van der Waals surface area (Å²) in [5.41, 5.74) is -3.97. The molecule has 0 bridgehead atoms. The van der Waals surface area contributed by atoms with Crippen LogP contribution >= 0.6 is 0 Å².